The van der Waals surface area contributed by atoms with Gasteiger partial charge in [-0.1, -0.05) is 0 Å². The van der Waals surface area contributed by atoms with E-state index in [4.69, 9.17) is 9.47 Å². The molecule has 0 N–H and O–H groups in total. The van der Waals surface area contributed by atoms with Gasteiger partial charge in [0.1, 0.15) is 0 Å². The second-order valence-electron chi connectivity index (χ2n) is 7.62. The molecular weight excluding hydrogens is 330 g/mol. The van der Waals surface area contributed by atoms with Crippen molar-refractivity contribution in [1.29, 1.82) is 0 Å². The molecule has 1 atom stereocenters. The lowest BCUT2D eigenvalue weighted by atomic mass is 9.79. The zero-order valence-corrected chi connectivity index (χ0v) is 15.6. The average Bonchev–Trinajstić information content (AvgIpc) is 2.92. The minimum atomic E-state index is 0.0447. The Morgan fingerprint density at radius 2 is 2.23 bits per heavy atom. The molecule has 7 heteroatoms. The van der Waals surface area contributed by atoms with Crippen LogP contribution in [0.25, 0.3) is 0 Å². The maximum absolute atomic E-state index is 6.17. The van der Waals surface area contributed by atoms with Crippen LogP contribution in [0.4, 0.5) is 0 Å². The van der Waals surface area contributed by atoms with E-state index in [2.05, 4.69) is 26.0 Å². The van der Waals surface area contributed by atoms with E-state index in [0.29, 0.717) is 18.4 Å². The lowest BCUT2D eigenvalue weighted by molar-refractivity contribution is -0.182. The molecule has 2 aromatic heterocycles. The zero-order chi connectivity index (χ0) is 18.0. The summed E-state index contributed by atoms with van der Waals surface area (Å²) in [5, 5.41) is 4.43. The van der Waals surface area contributed by atoms with Crippen molar-refractivity contribution in [2.24, 2.45) is 13.0 Å². The van der Waals surface area contributed by atoms with Crippen LogP contribution >= 0.6 is 0 Å². The van der Waals surface area contributed by atoms with E-state index in [1.54, 1.807) is 18.6 Å². The molecule has 2 fully saturated rings. The molecule has 0 amide bonds. The van der Waals surface area contributed by atoms with Gasteiger partial charge in [-0.15, -0.1) is 0 Å². The van der Waals surface area contributed by atoms with Gasteiger partial charge in [0.15, 0.2) is 0 Å². The van der Waals surface area contributed by atoms with Crippen LogP contribution in [-0.4, -0.2) is 56.6 Å². The number of hydrogen-bond acceptors (Lipinski definition) is 6. The highest BCUT2D eigenvalue weighted by Gasteiger charge is 2.47. The van der Waals surface area contributed by atoms with Crippen LogP contribution in [0.15, 0.2) is 24.7 Å². The maximum Gasteiger partial charge on any atom is 0.232 e. The molecule has 4 rings (SSSR count). The number of aromatic nitrogens is 4. The molecule has 2 saturated heterocycles. The van der Waals surface area contributed by atoms with Crippen molar-refractivity contribution in [2.45, 2.75) is 38.3 Å². The van der Waals surface area contributed by atoms with E-state index >= 15 is 0 Å². The predicted octanol–water partition coefficient (Wildman–Crippen LogP) is 1.97. The largest absolute Gasteiger partial charge is 0.477 e. The van der Waals surface area contributed by atoms with E-state index < -0.39 is 0 Å². The molecule has 1 spiro atoms. The lowest BCUT2D eigenvalue weighted by Gasteiger charge is -2.53. The van der Waals surface area contributed by atoms with Crippen molar-refractivity contribution >= 4 is 0 Å². The van der Waals surface area contributed by atoms with E-state index in [-0.39, 0.29) is 5.60 Å². The van der Waals surface area contributed by atoms with Gasteiger partial charge in [0.25, 0.3) is 0 Å². The summed E-state index contributed by atoms with van der Waals surface area (Å²) in [6.45, 7) is 6.56. The topological polar surface area (TPSA) is 65.3 Å². The van der Waals surface area contributed by atoms with Crippen LogP contribution in [0.2, 0.25) is 0 Å². The van der Waals surface area contributed by atoms with Crippen molar-refractivity contribution < 1.29 is 9.47 Å². The summed E-state index contributed by atoms with van der Waals surface area (Å²) in [5.41, 5.74) is 2.39. The molecule has 26 heavy (non-hydrogen) atoms. The molecular formula is C19H27N5O2. The molecule has 2 aliphatic rings. The summed E-state index contributed by atoms with van der Waals surface area (Å²) in [6, 6.07) is 2.17. The molecule has 0 aliphatic carbocycles. The van der Waals surface area contributed by atoms with Crippen LogP contribution < -0.4 is 4.74 Å². The monoisotopic (exact) mass is 357 g/mol. The molecule has 2 aromatic rings. The lowest BCUT2D eigenvalue weighted by Crippen LogP contribution is -2.64. The summed E-state index contributed by atoms with van der Waals surface area (Å²) in [5.74, 6) is 1.26. The molecule has 0 saturated carbocycles. The van der Waals surface area contributed by atoms with E-state index in [1.165, 1.54) is 5.69 Å². The number of likely N-dealkylation sites (tertiary alicyclic amines) is 1. The van der Waals surface area contributed by atoms with Crippen molar-refractivity contribution in [3.63, 3.8) is 0 Å². The van der Waals surface area contributed by atoms with E-state index in [1.807, 2.05) is 18.7 Å². The Morgan fingerprint density at radius 3 is 2.96 bits per heavy atom. The standard InChI is InChI=1S/C19H27N5O2/c1-15-9-17(23(2)22-15)12-24-13-19(14-24)10-16(4-8-26-19)3-7-25-18-11-20-5-6-21-18/h5-6,9,11,16H,3-4,7-8,10,12-14H2,1-2H3/t16-/m1/s1. The molecule has 140 valence electrons. The summed E-state index contributed by atoms with van der Waals surface area (Å²) < 4.78 is 13.9. The highest BCUT2D eigenvalue weighted by molar-refractivity contribution is 5.11. The first kappa shape index (κ1) is 17.4. The highest BCUT2D eigenvalue weighted by Crippen LogP contribution is 2.38. The van der Waals surface area contributed by atoms with Crippen LogP contribution in [0.5, 0.6) is 5.88 Å². The SMILES string of the molecule is Cc1cc(CN2CC3(C[C@H](CCOc4cnccn4)CCO3)C2)n(C)n1. The Balaban J connectivity index is 1.23. The Labute approximate surface area is 154 Å². The van der Waals surface area contributed by atoms with Gasteiger partial charge in [-0.2, -0.15) is 5.10 Å². The van der Waals surface area contributed by atoms with Crippen LogP contribution in [0.3, 0.4) is 0 Å². The van der Waals surface area contributed by atoms with E-state index in [0.717, 1.165) is 51.2 Å². The second kappa shape index (κ2) is 7.32. The van der Waals surface area contributed by atoms with Gasteiger partial charge in [-0.05, 0) is 38.2 Å². The first-order valence-corrected chi connectivity index (χ1v) is 9.37. The predicted molar refractivity (Wildman–Crippen MR) is 96.8 cm³/mol. The van der Waals surface area contributed by atoms with Gasteiger partial charge >= 0.3 is 0 Å². The minimum absolute atomic E-state index is 0.0447. The smallest absolute Gasteiger partial charge is 0.232 e. The fourth-order valence-electron chi connectivity index (χ4n) is 4.21. The van der Waals surface area contributed by atoms with Crippen LogP contribution in [-0.2, 0) is 18.3 Å². The molecule has 2 aliphatic heterocycles. The van der Waals surface area contributed by atoms with Crippen molar-refractivity contribution in [3.05, 3.63) is 36.0 Å². The molecule has 0 unspecified atom stereocenters. The normalized spacial score (nSPS) is 22.3. The van der Waals surface area contributed by atoms with Gasteiger partial charge in [0.2, 0.25) is 5.88 Å². The quantitative estimate of drug-likeness (QED) is 0.787. The molecule has 0 bridgehead atoms. The number of ether oxygens (including phenoxy) is 2. The first-order valence-electron chi connectivity index (χ1n) is 9.37. The highest BCUT2D eigenvalue weighted by atomic mass is 16.5. The summed E-state index contributed by atoms with van der Waals surface area (Å²) in [4.78, 5) is 10.6. The fraction of sp³-hybridized carbons (Fsp3) is 0.632. The van der Waals surface area contributed by atoms with Gasteiger partial charge < -0.3 is 9.47 Å². The van der Waals surface area contributed by atoms with Crippen LogP contribution in [0.1, 0.15) is 30.7 Å². The molecule has 0 aromatic carbocycles. The number of hydrogen-bond donors (Lipinski definition) is 0. The Morgan fingerprint density at radius 1 is 1.35 bits per heavy atom. The first-order chi connectivity index (χ1) is 12.6. The molecule has 7 nitrogen and oxygen atoms in total. The van der Waals surface area contributed by atoms with Gasteiger partial charge in [0, 0.05) is 45.7 Å². The average molecular weight is 357 g/mol. The molecule has 4 heterocycles. The maximum atomic E-state index is 6.17. The van der Waals surface area contributed by atoms with Gasteiger partial charge in [0.05, 0.1) is 29.8 Å². The van der Waals surface area contributed by atoms with Crippen molar-refractivity contribution in [1.82, 2.24) is 24.6 Å². The van der Waals surface area contributed by atoms with Crippen LogP contribution in [0, 0.1) is 12.8 Å². The Kier molecular flexibility index (Phi) is 4.91. The fourth-order valence-corrected chi connectivity index (χ4v) is 4.21. The van der Waals surface area contributed by atoms with Crippen molar-refractivity contribution in [3.8, 4) is 5.88 Å². The molecule has 0 radical (unpaired) electrons. The van der Waals surface area contributed by atoms with Gasteiger partial charge in [-0.25, -0.2) is 4.98 Å². The number of nitrogens with zero attached hydrogens (tertiary/aromatic N) is 5. The summed E-state index contributed by atoms with van der Waals surface area (Å²) in [6.07, 6.45) is 8.26. The third-order valence-electron chi connectivity index (χ3n) is 5.42. The number of rotatable bonds is 6. The van der Waals surface area contributed by atoms with Crippen molar-refractivity contribution in [2.75, 3.05) is 26.3 Å². The van der Waals surface area contributed by atoms with E-state index in [9.17, 15) is 0 Å². The zero-order valence-electron chi connectivity index (χ0n) is 15.6. The van der Waals surface area contributed by atoms with Gasteiger partial charge in [-0.3, -0.25) is 14.6 Å². The summed E-state index contributed by atoms with van der Waals surface area (Å²) >= 11 is 0. The second-order valence-corrected chi connectivity index (χ2v) is 7.62. The number of aryl methyl sites for hydroxylation is 2. The Bertz CT molecular complexity index is 727. The third-order valence-corrected chi connectivity index (χ3v) is 5.42. The minimum Gasteiger partial charge on any atom is -0.477 e. The summed E-state index contributed by atoms with van der Waals surface area (Å²) in [7, 11) is 2.02. The Hall–Kier alpha value is -1.99. The third kappa shape index (κ3) is 3.88.